The number of hydrogen-bond acceptors (Lipinski definition) is 5. The van der Waals surface area contributed by atoms with Crippen LogP contribution in [0.4, 0.5) is 20.2 Å². The smallest absolute Gasteiger partial charge is 0.187 e. The molecule has 0 aliphatic heterocycles. The Balaban J connectivity index is 0.000000179. The van der Waals surface area contributed by atoms with Gasteiger partial charge in [0.25, 0.3) is 0 Å². The van der Waals surface area contributed by atoms with Crippen molar-refractivity contribution in [3.05, 3.63) is 190 Å². The Kier molecular flexibility index (Phi) is 13.6. The van der Waals surface area contributed by atoms with Crippen molar-refractivity contribution in [3.8, 4) is 34.3 Å². The minimum atomic E-state index is -0.300. The highest BCUT2D eigenvalue weighted by Crippen LogP contribution is 2.26. The van der Waals surface area contributed by atoms with Gasteiger partial charge in [-0.3, -0.25) is 9.59 Å². The number of nitrogens with one attached hydrogen (secondary N) is 2. The number of ketones is 1. The molecular formula is C42H35F2N3O4. The summed E-state index contributed by atoms with van der Waals surface area (Å²) in [6.45, 7) is 12.1. The zero-order valence-corrected chi connectivity index (χ0v) is 28.2. The molecule has 0 unspecified atom stereocenters. The molecule has 0 aliphatic rings. The highest BCUT2D eigenvalue weighted by Gasteiger charge is 2.03. The number of carbonyl (C=O) groups is 1. The quantitative estimate of drug-likeness (QED) is 0.123. The predicted octanol–water partition coefficient (Wildman–Crippen LogP) is 11.0. The van der Waals surface area contributed by atoms with Gasteiger partial charge < -0.3 is 19.8 Å². The van der Waals surface area contributed by atoms with Crippen LogP contribution < -0.4 is 20.2 Å². The number of allylic oxidation sites excluding steroid dienone is 2. The summed E-state index contributed by atoms with van der Waals surface area (Å²) in [5, 5.41) is 3.11. The number of benzene rings is 5. The summed E-state index contributed by atoms with van der Waals surface area (Å²) in [7, 11) is 0. The number of carbonyl (C=O) groups excluding carboxylic acids is 1. The summed E-state index contributed by atoms with van der Waals surface area (Å²) in [4.78, 5) is 28.7. The van der Waals surface area contributed by atoms with Crippen molar-refractivity contribution in [3.63, 3.8) is 0 Å². The van der Waals surface area contributed by atoms with E-state index < -0.39 is 0 Å². The molecule has 256 valence electrons. The molecule has 0 spiro atoms. The van der Waals surface area contributed by atoms with E-state index in [0.717, 1.165) is 28.3 Å². The maximum absolute atomic E-state index is 12.8. The number of halogens is 2. The van der Waals surface area contributed by atoms with Gasteiger partial charge >= 0.3 is 0 Å². The lowest BCUT2D eigenvalue weighted by Crippen LogP contribution is -2.01. The molecule has 1 heterocycles. The molecule has 0 saturated heterocycles. The van der Waals surface area contributed by atoms with Crippen molar-refractivity contribution < 1.29 is 23.0 Å². The molecule has 0 aliphatic carbocycles. The second-order valence-electron chi connectivity index (χ2n) is 11.1. The first-order valence-electron chi connectivity index (χ1n) is 15.7. The van der Waals surface area contributed by atoms with Crippen molar-refractivity contribution in [1.82, 2.24) is 4.98 Å². The van der Waals surface area contributed by atoms with E-state index in [4.69, 9.17) is 16.0 Å². The Morgan fingerprint density at radius 3 is 1.63 bits per heavy atom. The first-order valence-corrected chi connectivity index (χ1v) is 15.7. The van der Waals surface area contributed by atoms with Crippen LogP contribution >= 0.6 is 0 Å². The number of rotatable bonds is 8. The van der Waals surface area contributed by atoms with Gasteiger partial charge in [-0.2, -0.15) is 0 Å². The molecule has 0 saturated carbocycles. The average Bonchev–Trinajstić information content (AvgIpc) is 3.11. The molecule has 0 atom stereocenters. The number of ether oxygens (including phenoxy) is 2. The molecule has 6 rings (SSSR count). The van der Waals surface area contributed by atoms with Crippen LogP contribution in [0.2, 0.25) is 0 Å². The molecule has 9 heteroatoms. The lowest BCUT2D eigenvalue weighted by Gasteiger charge is -2.07. The number of para-hydroxylation sites is 1. The summed E-state index contributed by atoms with van der Waals surface area (Å²) in [6, 6.07) is 38.6. The second-order valence-corrected chi connectivity index (χ2v) is 11.1. The van der Waals surface area contributed by atoms with Gasteiger partial charge in [0.2, 0.25) is 0 Å². The minimum absolute atomic E-state index is 0.0297. The SMILES string of the molecule is CC(=O)/C=C(/C)Nc1ccccc1.Cc1cc(=O)cc(-c2ccc(Oc3ccc(F)cc3)cc2)[nH]1.[C-]#[N+]c1ccc(Oc2ccc(F)cc2)cc1. The van der Waals surface area contributed by atoms with Crippen molar-refractivity contribution >= 4 is 17.2 Å². The van der Waals surface area contributed by atoms with E-state index in [0.29, 0.717) is 28.7 Å². The average molecular weight is 684 g/mol. The molecule has 0 bridgehead atoms. The Hall–Kier alpha value is -6.79. The molecule has 0 fully saturated rings. The number of nitrogens with zero attached hydrogens (tertiary/aromatic N) is 1. The largest absolute Gasteiger partial charge is 0.457 e. The Morgan fingerprint density at radius 1 is 0.706 bits per heavy atom. The highest BCUT2D eigenvalue weighted by atomic mass is 19.1. The Bertz CT molecular complexity index is 2140. The first kappa shape index (κ1) is 37.0. The van der Waals surface area contributed by atoms with Crippen molar-refractivity contribution in [2.45, 2.75) is 20.8 Å². The van der Waals surface area contributed by atoms with Gasteiger partial charge in [-0.25, -0.2) is 13.6 Å². The fourth-order valence-electron chi connectivity index (χ4n) is 4.50. The van der Waals surface area contributed by atoms with Gasteiger partial charge in [-0.05, 0) is 129 Å². The van der Waals surface area contributed by atoms with Crippen LogP contribution in [0.15, 0.2) is 156 Å². The number of H-pyrrole nitrogens is 1. The topological polar surface area (TPSA) is 84.8 Å². The highest BCUT2D eigenvalue weighted by molar-refractivity contribution is 5.88. The van der Waals surface area contributed by atoms with E-state index in [1.54, 1.807) is 78.9 Å². The standard InChI is InChI=1S/C18H14FNO2.C13H8FNO.C11H13NO/c1-12-10-15(21)11-18(20-12)13-2-6-16(7-3-13)22-17-8-4-14(19)5-9-17;1-15-11-4-8-13(9-5-11)16-12-6-2-10(14)3-7-12;1-9(8-10(2)13)12-11-6-4-3-5-7-11/h2-11H,1H3,(H,20,21);2-9H;3-8,12H,1-2H3/b;;9-8-. The lowest BCUT2D eigenvalue weighted by atomic mass is 10.1. The first-order chi connectivity index (χ1) is 24.6. The molecule has 0 amide bonds. The number of aryl methyl sites for hydroxylation is 1. The van der Waals surface area contributed by atoms with Gasteiger partial charge in [0.1, 0.15) is 34.6 Å². The van der Waals surface area contributed by atoms with E-state index in [1.165, 1.54) is 31.2 Å². The van der Waals surface area contributed by atoms with Crippen LogP contribution in [-0.2, 0) is 4.79 Å². The normalized spacial score (nSPS) is 10.3. The monoisotopic (exact) mass is 683 g/mol. The molecule has 6 aromatic rings. The predicted molar refractivity (Wildman–Crippen MR) is 197 cm³/mol. The van der Waals surface area contributed by atoms with E-state index in [2.05, 4.69) is 15.1 Å². The van der Waals surface area contributed by atoms with E-state index in [1.807, 2.05) is 56.3 Å². The Labute approximate surface area is 295 Å². The van der Waals surface area contributed by atoms with Crippen LogP contribution in [0.1, 0.15) is 19.5 Å². The third-order valence-corrected chi connectivity index (χ3v) is 6.74. The number of hydrogen-bond donors (Lipinski definition) is 2. The number of anilines is 1. The van der Waals surface area contributed by atoms with E-state index >= 15 is 0 Å². The van der Waals surface area contributed by atoms with Crippen LogP contribution in [0.3, 0.4) is 0 Å². The lowest BCUT2D eigenvalue weighted by molar-refractivity contribution is -0.112. The number of pyridine rings is 1. The summed E-state index contributed by atoms with van der Waals surface area (Å²) in [6.07, 6.45) is 1.58. The van der Waals surface area contributed by atoms with Crippen molar-refractivity contribution in [2.75, 3.05) is 5.32 Å². The third kappa shape index (κ3) is 13.0. The van der Waals surface area contributed by atoms with Crippen LogP contribution in [-0.4, -0.2) is 10.8 Å². The van der Waals surface area contributed by atoms with Crippen molar-refractivity contribution in [2.24, 2.45) is 0 Å². The van der Waals surface area contributed by atoms with Crippen LogP contribution in [0.5, 0.6) is 23.0 Å². The summed E-state index contributed by atoms with van der Waals surface area (Å²) in [5.41, 5.74) is 4.86. The summed E-state index contributed by atoms with van der Waals surface area (Å²) < 4.78 is 36.6. The summed E-state index contributed by atoms with van der Waals surface area (Å²) >= 11 is 0. The van der Waals surface area contributed by atoms with Gasteiger partial charge in [-0.1, -0.05) is 30.3 Å². The van der Waals surface area contributed by atoms with Crippen molar-refractivity contribution in [1.29, 1.82) is 0 Å². The molecule has 5 aromatic carbocycles. The molecule has 0 radical (unpaired) electrons. The molecule has 2 N–H and O–H groups in total. The van der Waals surface area contributed by atoms with Gasteiger partial charge in [0.05, 0.1) is 6.57 Å². The second kappa shape index (κ2) is 18.7. The van der Waals surface area contributed by atoms with E-state index in [9.17, 15) is 18.4 Å². The number of aromatic amines is 1. The molecular weight excluding hydrogens is 648 g/mol. The molecule has 51 heavy (non-hydrogen) atoms. The maximum atomic E-state index is 12.8. The number of aromatic nitrogens is 1. The molecule has 7 nitrogen and oxygen atoms in total. The third-order valence-electron chi connectivity index (χ3n) is 6.74. The van der Waals surface area contributed by atoms with Gasteiger partial charge in [0, 0.05) is 34.9 Å². The summed E-state index contributed by atoms with van der Waals surface area (Å²) in [5.74, 6) is 1.86. The van der Waals surface area contributed by atoms with Gasteiger partial charge in [-0.15, -0.1) is 0 Å². The zero-order valence-electron chi connectivity index (χ0n) is 28.2. The van der Waals surface area contributed by atoms with E-state index in [-0.39, 0.29) is 22.8 Å². The molecule has 1 aromatic heterocycles. The zero-order chi connectivity index (χ0) is 36.6. The fourth-order valence-corrected chi connectivity index (χ4v) is 4.50. The maximum Gasteiger partial charge on any atom is 0.187 e. The fraction of sp³-hybridized carbons (Fsp3) is 0.0714. The van der Waals surface area contributed by atoms with Gasteiger partial charge in [0.15, 0.2) is 16.9 Å². The van der Waals surface area contributed by atoms with Crippen LogP contribution in [0, 0.1) is 25.1 Å². The Morgan fingerprint density at radius 2 is 1.18 bits per heavy atom. The van der Waals surface area contributed by atoms with Crippen LogP contribution in [0.25, 0.3) is 16.1 Å². The minimum Gasteiger partial charge on any atom is -0.457 e.